The minimum Gasteiger partial charge on any atom is -0.457 e. The van der Waals surface area contributed by atoms with Gasteiger partial charge in [0, 0.05) is 33.2 Å². The average Bonchev–Trinajstić information content (AvgIpc) is 3.33. The second-order valence-corrected chi connectivity index (χ2v) is 16.3. The summed E-state index contributed by atoms with van der Waals surface area (Å²) >= 11 is 0. The van der Waals surface area contributed by atoms with Crippen molar-refractivity contribution in [3.05, 3.63) is 233 Å². The zero-order chi connectivity index (χ0) is 41.1. The maximum Gasteiger partial charge on any atom is 0.164 e. The molecule has 1 aromatic heterocycles. The topological polar surface area (TPSA) is 71.7 Å². The highest BCUT2D eigenvalue weighted by atomic mass is 16.5. The molecule has 8 aromatic carbocycles. The summed E-state index contributed by atoms with van der Waals surface area (Å²) in [7, 11) is 0. The molecule has 1 aliphatic heterocycles. The molecule has 0 atom stereocenters. The smallest absolute Gasteiger partial charge is 0.164 e. The van der Waals surface area contributed by atoms with Crippen LogP contribution in [0.1, 0.15) is 52.8 Å². The number of hydrogen-bond acceptors (Lipinski definition) is 5. The van der Waals surface area contributed by atoms with Gasteiger partial charge in [0.2, 0.25) is 0 Å². The fourth-order valence-electron chi connectivity index (χ4n) is 9.58. The molecule has 1 aliphatic carbocycles. The van der Waals surface area contributed by atoms with Gasteiger partial charge in [-0.15, -0.1) is 0 Å². The van der Waals surface area contributed by atoms with E-state index in [2.05, 4.69) is 141 Å². The van der Waals surface area contributed by atoms with Crippen LogP contribution in [-0.2, 0) is 10.8 Å². The van der Waals surface area contributed by atoms with Gasteiger partial charge < -0.3 is 4.74 Å². The molecule has 0 saturated heterocycles. The van der Waals surface area contributed by atoms with Crippen LogP contribution in [0, 0.1) is 11.3 Å². The molecule has 61 heavy (non-hydrogen) atoms. The van der Waals surface area contributed by atoms with Crippen LogP contribution in [0.5, 0.6) is 11.5 Å². The average molecular weight is 783 g/mol. The van der Waals surface area contributed by atoms with Gasteiger partial charge in [-0.1, -0.05) is 166 Å². The Morgan fingerprint density at radius 1 is 0.377 bits per heavy atom. The molecular formula is C56H38N4O. The first-order chi connectivity index (χ1) is 29.9. The lowest BCUT2D eigenvalue weighted by Crippen LogP contribution is -2.43. The molecule has 2 heterocycles. The number of para-hydroxylation sites is 2. The fourth-order valence-corrected chi connectivity index (χ4v) is 9.58. The summed E-state index contributed by atoms with van der Waals surface area (Å²) in [5.41, 5.74) is 13.9. The minimum atomic E-state index is -0.571. The van der Waals surface area contributed by atoms with Gasteiger partial charge in [-0.2, -0.15) is 5.26 Å². The number of rotatable bonds is 5. The highest BCUT2D eigenvalue weighted by Gasteiger charge is 2.52. The van der Waals surface area contributed by atoms with Gasteiger partial charge in [0.05, 0.1) is 17.0 Å². The van der Waals surface area contributed by atoms with Crippen molar-refractivity contribution in [1.82, 2.24) is 15.0 Å². The summed E-state index contributed by atoms with van der Waals surface area (Å²) in [6.07, 6.45) is 0. The number of aromatic nitrogens is 3. The Hall–Kier alpha value is -7.94. The molecule has 0 N–H and O–H groups in total. The third-order valence-electron chi connectivity index (χ3n) is 12.5. The number of benzene rings is 8. The summed E-state index contributed by atoms with van der Waals surface area (Å²) in [6, 6.07) is 69.6. The quantitative estimate of drug-likeness (QED) is 0.174. The van der Waals surface area contributed by atoms with E-state index in [0.29, 0.717) is 23.0 Å². The van der Waals surface area contributed by atoms with Crippen LogP contribution < -0.4 is 4.74 Å². The van der Waals surface area contributed by atoms with Crippen LogP contribution in [0.25, 0.3) is 56.4 Å². The molecule has 11 rings (SSSR count). The first kappa shape index (κ1) is 36.2. The molecule has 0 radical (unpaired) electrons. The van der Waals surface area contributed by atoms with Crippen molar-refractivity contribution in [3.8, 4) is 74.0 Å². The molecular weight excluding hydrogens is 745 g/mol. The van der Waals surface area contributed by atoms with Crippen molar-refractivity contribution in [3.63, 3.8) is 0 Å². The van der Waals surface area contributed by atoms with E-state index in [1.165, 1.54) is 22.3 Å². The van der Waals surface area contributed by atoms with Gasteiger partial charge in [0.25, 0.3) is 0 Å². The van der Waals surface area contributed by atoms with Crippen LogP contribution in [-0.4, -0.2) is 15.0 Å². The minimum absolute atomic E-state index is 0.300. The number of hydrogen-bond donors (Lipinski definition) is 0. The van der Waals surface area contributed by atoms with E-state index in [4.69, 9.17) is 19.7 Å². The molecule has 2 aliphatic rings. The van der Waals surface area contributed by atoms with Gasteiger partial charge in [-0.25, -0.2) is 15.0 Å². The monoisotopic (exact) mass is 782 g/mol. The Bertz CT molecular complexity index is 3190. The second kappa shape index (κ2) is 14.1. The van der Waals surface area contributed by atoms with Gasteiger partial charge in [-0.3, -0.25) is 0 Å². The number of nitrogens with zero attached hydrogens (tertiary/aromatic N) is 4. The maximum absolute atomic E-state index is 9.56. The van der Waals surface area contributed by atoms with E-state index in [9.17, 15) is 5.26 Å². The van der Waals surface area contributed by atoms with E-state index >= 15 is 0 Å². The zero-order valence-electron chi connectivity index (χ0n) is 33.7. The van der Waals surface area contributed by atoms with Crippen molar-refractivity contribution in [2.45, 2.75) is 24.7 Å². The second-order valence-electron chi connectivity index (χ2n) is 16.3. The molecule has 0 amide bonds. The van der Waals surface area contributed by atoms with Crippen LogP contribution in [0.15, 0.2) is 194 Å². The van der Waals surface area contributed by atoms with Crippen LogP contribution in [0.4, 0.5) is 0 Å². The molecule has 0 unspecified atom stereocenters. The van der Waals surface area contributed by atoms with E-state index in [1.807, 2.05) is 72.8 Å². The van der Waals surface area contributed by atoms with Crippen LogP contribution >= 0.6 is 0 Å². The number of nitriles is 1. The first-order valence-electron chi connectivity index (χ1n) is 20.6. The molecule has 5 nitrogen and oxygen atoms in total. The third-order valence-corrected chi connectivity index (χ3v) is 12.5. The van der Waals surface area contributed by atoms with Gasteiger partial charge in [0.1, 0.15) is 11.5 Å². The standard InChI is InChI=1S/C56H38N4O/c1-55(2)44-23-6-7-24-45(44)56(47-25-8-10-27-50(47)61-51-28-11-9-26-48(51)56)46-30-29-41(34-49(46)55)40-20-14-22-43(33-40)54-59-52(37-16-4-3-5-17-37)58-53(60-54)42-21-13-19-39(32-42)38-18-12-15-36(31-38)35-57/h3-34H,1-2H3. The van der Waals surface area contributed by atoms with Crippen LogP contribution in [0.3, 0.4) is 0 Å². The molecule has 0 bridgehead atoms. The summed E-state index contributed by atoms with van der Waals surface area (Å²) in [4.78, 5) is 15.2. The van der Waals surface area contributed by atoms with Crippen molar-refractivity contribution in [2.75, 3.05) is 0 Å². The molecule has 0 fully saturated rings. The van der Waals surface area contributed by atoms with Crippen LogP contribution in [0.2, 0.25) is 0 Å². The molecule has 288 valence electrons. The predicted octanol–water partition coefficient (Wildman–Crippen LogP) is 13.2. The predicted molar refractivity (Wildman–Crippen MR) is 242 cm³/mol. The lowest BCUT2D eigenvalue weighted by atomic mass is 9.53. The Balaban J connectivity index is 1.06. The first-order valence-corrected chi connectivity index (χ1v) is 20.6. The summed E-state index contributed by atoms with van der Waals surface area (Å²) in [6.45, 7) is 4.70. The largest absolute Gasteiger partial charge is 0.457 e. The Kier molecular flexibility index (Phi) is 8.37. The Morgan fingerprint density at radius 2 is 0.820 bits per heavy atom. The zero-order valence-corrected chi connectivity index (χ0v) is 33.7. The maximum atomic E-state index is 9.56. The third kappa shape index (κ3) is 5.79. The number of fused-ring (bicyclic) bond motifs is 8. The Labute approximate surface area is 355 Å². The SMILES string of the molecule is CC1(C)c2ccccc2C2(c3ccccc3Oc3ccccc32)c2ccc(-c3cccc(-c4nc(-c5ccccc5)nc(-c5cccc(-c6cccc(C#N)c6)c5)n4)c3)cc21. The van der Waals surface area contributed by atoms with Crippen molar-refractivity contribution >= 4 is 0 Å². The van der Waals surface area contributed by atoms with E-state index in [1.54, 1.807) is 0 Å². The highest BCUT2D eigenvalue weighted by molar-refractivity contribution is 5.80. The van der Waals surface area contributed by atoms with Crippen molar-refractivity contribution < 1.29 is 4.74 Å². The van der Waals surface area contributed by atoms with Crippen molar-refractivity contribution in [2.24, 2.45) is 0 Å². The number of ether oxygens (including phenoxy) is 1. The molecule has 0 saturated carbocycles. The fraction of sp³-hybridized carbons (Fsp3) is 0.0714. The van der Waals surface area contributed by atoms with E-state index in [-0.39, 0.29) is 5.41 Å². The van der Waals surface area contributed by atoms with Gasteiger partial charge in [0.15, 0.2) is 17.5 Å². The van der Waals surface area contributed by atoms with Crippen molar-refractivity contribution in [1.29, 1.82) is 5.26 Å². The lowest BCUT2D eigenvalue weighted by molar-refractivity contribution is 0.425. The molecule has 1 spiro atoms. The Morgan fingerprint density at radius 3 is 1.43 bits per heavy atom. The normalized spacial score (nSPS) is 13.8. The highest BCUT2D eigenvalue weighted by Crippen LogP contribution is 2.61. The van der Waals surface area contributed by atoms with Gasteiger partial charge >= 0.3 is 0 Å². The van der Waals surface area contributed by atoms with Gasteiger partial charge in [-0.05, 0) is 87.0 Å². The molecule has 5 heteroatoms. The summed E-state index contributed by atoms with van der Waals surface area (Å²) < 4.78 is 6.62. The molecule has 9 aromatic rings. The lowest BCUT2D eigenvalue weighted by Gasteiger charge is -2.50. The summed E-state index contributed by atoms with van der Waals surface area (Å²) in [5.74, 6) is 3.52. The summed E-state index contributed by atoms with van der Waals surface area (Å²) in [5, 5.41) is 9.56. The van der Waals surface area contributed by atoms with E-state index in [0.717, 1.165) is 61.6 Å². The van der Waals surface area contributed by atoms with E-state index < -0.39 is 5.41 Å².